The number of hydrogen-bond acceptors (Lipinski definition) is 2. The highest BCUT2D eigenvalue weighted by atomic mass is 32.2. The molecule has 0 unspecified atom stereocenters. The highest BCUT2D eigenvalue weighted by Gasteiger charge is 1.93. The zero-order valence-electron chi connectivity index (χ0n) is 6.79. The largest absolute Gasteiger partial charge is 0.249 e. The second-order valence-corrected chi connectivity index (χ2v) is 3.20. The van der Waals surface area contributed by atoms with Crippen LogP contribution in [0.4, 0.5) is 0 Å². The van der Waals surface area contributed by atoms with Gasteiger partial charge in [-0.15, -0.1) is 11.8 Å². The van der Waals surface area contributed by atoms with Gasteiger partial charge in [0, 0.05) is 6.20 Å². The van der Waals surface area contributed by atoms with Crippen LogP contribution in [0.25, 0.3) is 5.57 Å². The van der Waals surface area contributed by atoms with Crippen LogP contribution in [-0.2, 0) is 0 Å². The van der Waals surface area contributed by atoms with Crippen molar-refractivity contribution < 1.29 is 0 Å². The SMILES string of the molecule is C=C(C)c1ccc(SC)nc1. The van der Waals surface area contributed by atoms with Gasteiger partial charge in [0.1, 0.15) is 0 Å². The summed E-state index contributed by atoms with van der Waals surface area (Å²) in [5.41, 5.74) is 2.17. The van der Waals surface area contributed by atoms with Gasteiger partial charge in [-0.25, -0.2) is 4.98 Å². The predicted molar refractivity (Wildman–Crippen MR) is 50.7 cm³/mol. The van der Waals surface area contributed by atoms with E-state index in [1.165, 1.54) is 0 Å². The van der Waals surface area contributed by atoms with Crippen LogP contribution in [0.1, 0.15) is 12.5 Å². The van der Waals surface area contributed by atoms with Crippen LogP contribution in [-0.4, -0.2) is 11.2 Å². The van der Waals surface area contributed by atoms with Crippen LogP contribution in [0.3, 0.4) is 0 Å². The molecule has 0 saturated heterocycles. The number of aromatic nitrogens is 1. The maximum Gasteiger partial charge on any atom is 0.0957 e. The summed E-state index contributed by atoms with van der Waals surface area (Å²) in [7, 11) is 0. The van der Waals surface area contributed by atoms with Crippen LogP contribution >= 0.6 is 11.8 Å². The van der Waals surface area contributed by atoms with E-state index >= 15 is 0 Å². The third-order valence-electron chi connectivity index (χ3n) is 1.44. The Hall–Kier alpha value is -0.760. The van der Waals surface area contributed by atoms with E-state index in [1.807, 2.05) is 31.5 Å². The molecule has 0 amide bonds. The number of pyridine rings is 1. The van der Waals surface area contributed by atoms with Gasteiger partial charge in [-0.05, 0) is 30.4 Å². The lowest BCUT2D eigenvalue weighted by molar-refractivity contribution is 1.13. The number of hydrogen-bond donors (Lipinski definition) is 0. The first-order valence-corrected chi connectivity index (χ1v) is 4.62. The Labute approximate surface area is 71.5 Å². The van der Waals surface area contributed by atoms with Gasteiger partial charge in [0.25, 0.3) is 0 Å². The predicted octanol–water partition coefficient (Wildman–Crippen LogP) is 2.84. The summed E-state index contributed by atoms with van der Waals surface area (Å²) in [6, 6.07) is 4.05. The molecule has 11 heavy (non-hydrogen) atoms. The van der Waals surface area contributed by atoms with Crippen molar-refractivity contribution in [3.8, 4) is 0 Å². The molecule has 0 spiro atoms. The van der Waals surface area contributed by atoms with E-state index in [-0.39, 0.29) is 0 Å². The molecular weight excluding hydrogens is 154 g/mol. The maximum atomic E-state index is 4.22. The lowest BCUT2D eigenvalue weighted by Crippen LogP contribution is -1.81. The molecule has 1 nitrogen and oxygen atoms in total. The van der Waals surface area contributed by atoms with Gasteiger partial charge in [-0.3, -0.25) is 0 Å². The number of allylic oxidation sites excluding steroid dienone is 1. The fourth-order valence-electron chi connectivity index (χ4n) is 0.753. The van der Waals surface area contributed by atoms with Crippen molar-refractivity contribution in [1.29, 1.82) is 0 Å². The summed E-state index contributed by atoms with van der Waals surface area (Å²) in [6.07, 6.45) is 3.87. The summed E-state index contributed by atoms with van der Waals surface area (Å²) in [5, 5.41) is 1.05. The second-order valence-electron chi connectivity index (χ2n) is 2.37. The average Bonchev–Trinajstić information content (AvgIpc) is 2.05. The first-order valence-electron chi connectivity index (χ1n) is 3.40. The number of rotatable bonds is 2. The molecule has 0 aliphatic carbocycles. The van der Waals surface area contributed by atoms with E-state index in [0.717, 1.165) is 16.2 Å². The van der Waals surface area contributed by atoms with Crippen LogP contribution in [0, 0.1) is 0 Å². The van der Waals surface area contributed by atoms with E-state index < -0.39 is 0 Å². The fraction of sp³-hybridized carbons (Fsp3) is 0.222. The van der Waals surface area contributed by atoms with E-state index in [9.17, 15) is 0 Å². The Morgan fingerprint density at radius 1 is 1.55 bits per heavy atom. The van der Waals surface area contributed by atoms with E-state index in [1.54, 1.807) is 11.8 Å². The van der Waals surface area contributed by atoms with Crippen molar-refractivity contribution in [3.05, 3.63) is 30.5 Å². The smallest absolute Gasteiger partial charge is 0.0957 e. The van der Waals surface area contributed by atoms with Crippen molar-refractivity contribution in [3.63, 3.8) is 0 Å². The Bertz CT molecular complexity index is 251. The molecule has 0 aliphatic rings. The van der Waals surface area contributed by atoms with Crippen molar-refractivity contribution in [2.45, 2.75) is 11.9 Å². The van der Waals surface area contributed by atoms with Crippen LogP contribution in [0.15, 0.2) is 29.9 Å². The van der Waals surface area contributed by atoms with Crippen LogP contribution in [0.2, 0.25) is 0 Å². The number of thioether (sulfide) groups is 1. The molecule has 58 valence electrons. The summed E-state index contributed by atoms with van der Waals surface area (Å²) in [5.74, 6) is 0. The molecule has 1 aromatic rings. The molecular formula is C9H11NS. The molecule has 0 aromatic carbocycles. The minimum absolute atomic E-state index is 1.05. The highest BCUT2D eigenvalue weighted by Crippen LogP contribution is 2.14. The maximum absolute atomic E-state index is 4.22. The summed E-state index contributed by atoms with van der Waals surface area (Å²) >= 11 is 1.65. The molecule has 0 N–H and O–H groups in total. The first-order chi connectivity index (χ1) is 5.24. The molecule has 2 heteroatoms. The van der Waals surface area contributed by atoms with E-state index in [0.29, 0.717) is 0 Å². The van der Waals surface area contributed by atoms with Gasteiger partial charge < -0.3 is 0 Å². The lowest BCUT2D eigenvalue weighted by Gasteiger charge is -1.98. The van der Waals surface area contributed by atoms with Gasteiger partial charge in [0.2, 0.25) is 0 Å². The summed E-state index contributed by atoms with van der Waals surface area (Å²) < 4.78 is 0. The zero-order valence-corrected chi connectivity index (χ0v) is 7.61. The molecule has 1 rings (SSSR count). The van der Waals surface area contributed by atoms with E-state index in [2.05, 4.69) is 11.6 Å². The van der Waals surface area contributed by atoms with E-state index in [4.69, 9.17) is 0 Å². The topological polar surface area (TPSA) is 12.9 Å². The minimum atomic E-state index is 1.05. The molecule has 0 saturated carbocycles. The quantitative estimate of drug-likeness (QED) is 0.625. The zero-order chi connectivity index (χ0) is 8.27. The average molecular weight is 165 g/mol. The Kier molecular flexibility index (Phi) is 2.71. The Balaban J connectivity index is 2.91. The van der Waals surface area contributed by atoms with Gasteiger partial charge in [0.05, 0.1) is 5.03 Å². The van der Waals surface area contributed by atoms with Crippen molar-refractivity contribution >= 4 is 17.3 Å². The van der Waals surface area contributed by atoms with Gasteiger partial charge in [0.15, 0.2) is 0 Å². The normalized spacial score (nSPS) is 9.64. The molecule has 0 atom stereocenters. The lowest BCUT2D eigenvalue weighted by atomic mass is 10.2. The van der Waals surface area contributed by atoms with Gasteiger partial charge in [-0.2, -0.15) is 0 Å². The monoisotopic (exact) mass is 165 g/mol. The molecule has 0 radical (unpaired) electrons. The van der Waals surface area contributed by atoms with Crippen molar-refractivity contribution in [2.75, 3.05) is 6.26 Å². The standard InChI is InChI=1S/C9H11NS/c1-7(2)8-4-5-9(11-3)10-6-8/h4-6H,1H2,2-3H3. The number of nitrogens with zero attached hydrogens (tertiary/aromatic N) is 1. The molecule has 1 aromatic heterocycles. The second kappa shape index (κ2) is 3.58. The van der Waals surface area contributed by atoms with Gasteiger partial charge >= 0.3 is 0 Å². The summed E-state index contributed by atoms with van der Waals surface area (Å²) in [6.45, 7) is 5.82. The first kappa shape index (κ1) is 8.34. The molecule has 0 bridgehead atoms. The Morgan fingerprint density at radius 3 is 2.64 bits per heavy atom. The third kappa shape index (κ3) is 2.09. The Morgan fingerprint density at radius 2 is 2.27 bits per heavy atom. The fourth-order valence-corrected chi connectivity index (χ4v) is 1.12. The minimum Gasteiger partial charge on any atom is -0.249 e. The van der Waals surface area contributed by atoms with Gasteiger partial charge in [-0.1, -0.05) is 12.6 Å². The molecule has 0 aliphatic heterocycles. The summed E-state index contributed by atoms with van der Waals surface area (Å²) in [4.78, 5) is 4.22. The van der Waals surface area contributed by atoms with Crippen LogP contribution in [0.5, 0.6) is 0 Å². The van der Waals surface area contributed by atoms with Crippen molar-refractivity contribution in [1.82, 2.24) is 4.98 Å². The van der Waals surface area contributed by atoms with Crippen molar-refractivity contribution in [2.24, 2.45) is 0 Å². The van der Waals surface area contributed by atoms with Crippen LogP contribution < -0.4 is 0 Å². The third-order valence-corrected chi connectivity index (χ3v) is 2.10. The molecule has 1 heterocycles. The highest BCUT2D eigenvalue weighted by molar-refractivity contribution is 7.98. The molecule has 0 fully saturated rings.